The standard InChI is InChI=1S/C19H20ClN3O3S/c20-15-4-3-5-16(12-15)27(24,25)21-13-14-8-10-23(11-9-14)19-22-17-6-1-2-7-18(17)26-19/h1-7,12,14,21H,8-11,13H2. The van der Waals surface area contributed by atoms with Crippen molar-refractivity contribution < 1.29 is 12.8 Å². The molecule has 1 saturated heterocycles. The van der Waals surface area contributed by atoms with Crippen LogP contribution in [0.1, 0.15) is 12.8 Å². The number of piperidine rings is 1. The second kappa shape index (κ2) is 7.50. The topological polar surface area (TPSA) is 75.4 Å². The summed E-state index contributed by atoms with van der Waals surface area (Å²) in [5.41, 5.74) is 1.63. The molecule has 6 nitrogen and oxygen atoms in total. The number of hydrogen-bond donors (Lipinski definition) is 1. The van der Waals surface area contributed by atoms with Crippen LogP contribution in [0.5, 0.6) is 0 Å². The van der Waals surface area contributed by atoms with Gasteiger partial charge in [-0.2, -0.15) is 4.98 Å². The maximum atomic E-state index is 12.4. The minimum absolute atomic E-state index is 0.193. The average Bonchev–Trinajstić information content (AvgIpc) is 3.11. The van der Waals surface area contributed by atoms with Gasteiger partial charge in [0, 0.05) is 24.7 Å². The molecule has 142 valence electrons. The number of para-hydroxylation sites is 2. The Hall–Kier alpha value is -2.09. The van der Waals surface area contributed by atoms with Gasteiger partial charge in [-0.3, -0.25) is 0 Å². The summed E-state index contributed by atoms with van der Waals surface area (Å²) in [6, 6.07) is 14.6. The Morgan fingerprint density at radius 2 is 1.93 bits per heavy atom. The lowest BCUT2D eigenvalue weighted by atomic mass is 9.97. The quantitative estimate of drug-likeness (QED) is 0.700. The molecule has 0 saturated carbocycles. The van der Waals surface area contributed by atoms with Crippen molar-refractivity contribution in [3.05, 3.63) is 53.6 Å². The van der Waals surface area contributed by atoms with Crippen LogP contribution in [0, 0.1) is 5.92 Å². The van der Waals surface area contributed by atoms with Crippen LogP contribution in [-0.4, -0.2) is 33.0 Å². The van der Waals surface area contributed by atoms with Crippen molar-refractivity contribution in [3.8, 4) is 0 Å². The molecule has 0 spiro atoms. The lowest BCUT2D eigenvalue weighted by molar-refractivity contribution is 0.387. The Morgan fingerprint density at radius 1 is 1.15 bits per heavy atom. The summed E-state index contributed by atoms with van der Waals surface area (Å²) in [6.07, 6.45) is 1.74. The Bertz CT molecular complexity index is 1010. The summed E-state index contributed by atoms with van der Waals surface area (Å²) >= 11 is 5.89. The van der Waals surface area contributed by atoms with E-state index < -0.39 is 10.0 Å². The molecule has 1 aromatic heterocycles. The summed E-state index contributed by atoms with van der Waals surface area (Å²) in [4.78, 5) is 6.84. The maximum Gasteiger partial charge on any atom is 0.298 e. The number of rotatable bonds is 5. The number of anilines is 1. The van der Waals surface area contributed by atoms with Crippen LogP contribution in [0.3, 0.4) is 0 Å². The first-order valence-corrected chi connectivity index (χ1v) is 10.7. The van der Waals surface area contributed by atoms with Crippen molar-refractivity contribution in [1.29, 1.82) is 0 Å². The number of sulfonamides is 1. The highest BCUT2D eigenvalue weighted by atomic mass is 35.5. The van der Waals surface area contributed by atoms with Gasteiger partial charge in [0.25, 0.3) is 6.01 Å². The normalized spacial score (nSPS) is 16.1. The molecule has 0 aliphatic carbocycles. The SMILES string of the molecule is O=S(=O)(NCC1CCN(c2nc3ccccc3o2)CC1)c1cccc(Cl)c1. The highest BCUT2D eigenvalue weighted by Crippen LogP contribution is 2.26. The predicted molar refractivity (Wildman–Crippen MR) is 106 cm³/mol. The minimum Gasteiger partial charge on any atom is -0.423 e. The van der Waals surface area contributed by atoms with E-state index in [4.69, 9.17) is 16.0 Å². The average molecular weight is 406 g/mol. The third-order valence-corrected chi connectivity index (χ3v) is 6.49. The van der Waals surface area contributed by atoms with E-state index in [1.54, 1.807) is 18.2 Å². The molecule has 0 unspecified atom stereocenters. The summed E-state index contributed by atoms with van der Waals surface area (Å²) in [7, 11) is -3.54. The Labute approximate surface area is 163 Å². The van der Waals surface area contributed by atoms with Gasteiger partial charge < -0.3 is 9.32 Å². The molecule has 1 aliphatic heterocycles. The molecule has 1 fully saturated rings. The van der Waals surface area contributed by atoms with E-state index in [0.717, 1.165) is 37.0 Å². The summed E-state index contributed by atoms with van der Waals surface area (Å²) in [6.45, 7) is 1.99. The Kier molecular flexibility index (Phi) is 5.08. The van der Waals surface area contributed by atoms with Gasteiger partial charge in [-0.25, -0.2) is 13.1 Å². The van der Waals surface area contributed by atoms with Crippen molar-refractivity contribution in [3.63, 3.8) is 0 Å². The molecule has 4 rings (SSSR count). The first-order chi connectivity index (χ1) is 13.0. The van der Waals surface area contributed by atoms with E-state index in [9.17, 15) is 8.42 Å². The van der Waals surface area contributed by atoms with Crippen molar-refractivity contribution in [2.75, 3.05) is 24.5 Å². The fourth-order valence-corrected chi connectivity index (χ4v) is 4.69. The number of halogens is 1. The summed E-state index contributed by atoms with van der Waals surface area (Å²) < 4.78 is 33.3. The van der Waals surface area contributed by atoms with Crippen LogP contribution < -0.4 is 9.62 Å². The zero-order valence-electron chi connectivity index (χ0n) is 14.6. The van der Waals surface area contributed by atoms with Crippen LogP contribution in [-0.2, 0) is 10.0 Å². The number of hydrogen-bond acceptors (Lipinski definition) is 5. The second-order valence-electron chi connectivity index (χ2n) is 6.70. The molecule has 3 aromatic rings. The molecule has 0 bridgehead atoms. The number of benzene rings is 2. The molecule has 8 heteroatoms. The van der Waals surface area contributed by atoms with E-state index in [-0.39, 0.29) is 10.8 Å². The highest BCUT2D eigenvalue weighted by molar-refractivity contribution is 7.89. The molecular weight excluding hydrogens is 386 g/mol. The van der Waals surface area contributed by atoms with E-state index in [0.29, 0.717) is 17.6 Å². The van der Waals surface area contributed by atoms with E-state index >= 15 is 0 Å². The first-order valence-electron chi connectivity index (χ1n) is 8.87. The fourth-order valence-electron chi connectivity index (χ4n) is 3.27. The molecule has 27 heavy (non-hydrogen) atoms. The van der Waals surface area contributed by atoms with Gasteiger partial charge in [0.2, 0.25) is 10.0 Å². The number of nitrogens with one attached hydrogen (secondary N) is 1. The number of aromatic nitrogens is 1. The zero-order valence-corrected chi connectivity index (χ0v) is 16.2. The van der Waals surface area contributed by atoms with Crippen LogP contribution in [0.15, 0.2) is 57.8 Å². The van der Waals surface area contributed by atoms with Gasteiger partial charge in [0.15, 0.2) is 5.58 Å². The monoisotopic (exact) mass is 405 g/mol. The van der Waals surface area contributed by atoms with Crippen molar-refractivity contribution in [2.24, 2.45) is 5.92 Å². The second-order valence-corrected chi connectivity index (χ2v) is 8.91. The molecular formula is C19H20ClN3O3S. The van der Waals surface area contributed by atoms with Gasteiger partial charge in [-0.05, 0) is 49.1 Å². The largest absolute Gasteiger partial charge is 0.423 e. The number of oxazole rings is 1. The molecule has 2 heterocycles. The first kappa shape index (κ1) is 18.3. The smallest absolute Gasteiger partial charge is 0.298 e. The van der Waals surface area contributed by atoms with Gasteiger partial charge in [-0.1, -0.05) is 29.8 Å². The summed E-state index contributed by atoms with van der Waals surface area (Å²) in [5, 5.41) is 0.407. The van der Waals surface area contributed by atoms with Gasteiger partial charge in [0.1, 0.15) is 5.52 Å². The van der Waals surface area contributed by atoms with Gasteiger partial charge >= 0.3 is 0 Å². The minimum atomic E-state index is -3.54. The molecule has 0 radical (unpaired) electrons. The van der Waals surface area contributed by atoms with Crippen LogP contribution in [0.2, 0.25) is 5.02 Å². The van der Waals surface area contributed by atoms with Gasteiger partial charge in [-0.15, -0.1) is 0 Å². The van der Waals surface area contributed by atoms with Crippen molar-refractivity contribution in [1.82, 2.24) is 9.71 Å². The maximum absolute atomic E-state index is 12.4. The number of nitrogens with zero attached hydrogens (tertiary/aromatic N) is 2. The summed E-state index contributed by atoms with van der Waals surface area (Å²) in [5.74, 6) is 0.277. The Balaban J connectivity index is 1.34. The predicted octanol–water partition coefficient (Wildman–Crippen LogP) is 3.68. The van der Waals surface area contributed by atoms with Gasteiger partial charge in [0.05, 0.1) is 4.90 Å². The zero-order chi connectivity index (χ0) is 18.9. The third-order valence-electron chi connectivity index (χ3n) is 4.84. The third kappa shape index (κ3) is 4.10. The van der Waals surface area contributed by atoms with Crippen LogP contribution >= 0.6 is 11.6 Å². The molecule has 0 amide bonds. The lowest BCUT2D eigenvalue weighted by Crippen LogP contribution is -2.38. The number of fused-ring (bicyclic) bond motifs is 1. The van der Waals surface area contributed by atoms with E-state index in [1.165, 1.54) is 6.07 Å². The molecule has 1 aliphatic rings. The van der Waals surface area contributed by atoms with E-state index in [1.807, 2.05) is 24.3 Å². The Morgan fingerprint density at radius 3 is 2.67 bits per heavy atom. The van der Waals surface area contributed by atoms with E-state index in [2.05, 4.69) is 14.6 Å². The molecule has 2 aromatic carbocycles. The lowest BCUT2D eigenvalue weighted by Gasteiger charge is -2.30. The fraction of sp³-hybridized carbons (Fsp3) is 0.316. The van der Waals surface area contributed by atoms with Crippen molar-refractivity contribution in [2.45, 2.75) is 17.7 Å². The molecule has 1 N–H and O–H groups in total. The van der Waals surface area contributed by atoms with Crippen molar-refractivity contribution >= 4 is 38.7 Å². The van der Waals surface area contributed by atoms with Crippen LogP contribution in [0.4, 0.5) is 6.01 Å². The molecule has 0 atom stereocenters. The highest BCUT2D eigenvalue weighted by Gasteiger charge is 2.24. The van der Waals surface area contributed by atoms with Crippen LogP contribution in [0.25, 0.3) is 11.1 Å².